The molecule has 6 heteroatoms. The van der Waals surface area contributed by atoms with Gasteiger partial charge in [0.05, 0.1) is 0 Å². The zero-order valence-electron chi connectivity index (χ0n) is 10.4. The molecule has 1 rings (SSSR count). The van der Waals surface area contributed by atoms with E-state index in [0.29, 0.717) is 24.8 Å². The molecule has 4 nitrogen and oxygen atoms in total. The maximum absolute atomic E-state index is 12.2. The van der Waals surface area contributed by atoms with Gasteiger partial charge < -0.3 is 15.2 Å². The Balaban J connectivity index is 2.46. The number of hydrogen-bond acceptors (Lipinski definition) is 3. The SMILES string of the molecule is O=C(CCCCO)NCc1ccccc1OC(F)F. The van der Waals surface area contributed by atoms with Crippen molar-refractivity contribution in [3.63, 3.8) is 0 Å². The molecule has 0 saturated carbocycles. The molecule has 19 heavy (non-hydrogen) atoms. The number of ether oxygens (including phenoxy) is 1. The molecule has 0 aliphatic rings. The van der Waals surface area contributed by atoms with E-state index in [2.05, 4.69) is 10.1 Å². The van der Waals surface area contributed by atoms with E-state index >= 15 is 0 Å². The van der Waals surface area contributed by atoms with Crippen LogP contribution >= 0.6 is 0 Å². The molecule has 0 bridgehead atoms. The van der Waals surface area contributed by atoms with Crippen LogP contribution in [0, 0.1) is 0 Å². The Bertz CT molecular complexity index is 399. The van der Waals surface area contributed by atoms with Crippen molar-refractivity contribution in [2.75, 3.05) is 6.61 Å². The Hall–Kier alpha value is -1.69. The summed E-state index contributed by atoms with van der Waals surface area (Å²) in [6.07, 6.45) is 1.47. The number of rotatable bonds is 8. The lowest BCUT2D eigenvalue weighted by Gasteiger charge is -2.11. The minimum absolute atomic E-state index is 0.0539. The van der Waals surface area contributed by atoms with Crippen LogP contribution in [-0.4, -0.2) is 24.2 Å². The average molecular weight is 273 g/mol. The number of nitrogens with one attached hydrogen (secondary N) is 1. The van der Waals surface area contributed by atoms with E-state index in [1.54, 1.807) is 18.2 Å². The highest BCUT2D eigenvalue weighted by molar-refractivity contribution is 5.75. The predicted octanol–water partition coefficient (Wildman–Crippen LogP) is 2.07. The summed E-state index contributed by atoms with van der Waals surface area (Å²) in [5, 5.41) is 11.2. The first-order chi connectivity index (χ1) is 9.13. The van der Waals surface area contributed by atoms with E-state index < -0.39 is 6.61 Å². The zero-order chi connectivity index (χ0) is 14.1. The third-order valence-corrected chi connectivity index (χ3v) is 2.48. The number of aliphatic hydroxyl groups excluding tert-OH is 1. The molecule has 0 aliphatic heterocycles. The minimum Gasteiger partial charge on any atom is -0.434 e. The van der Waals surface area contributed by atoms with Crippen LogP contribution in [-0.2, 0) is 11.3 Å². The van der Waals surface area contributed by atoms with Crippen LogP contribution in [0.1, 0.15) is 24.8 Å². The molecule has 0 atom stereocenters. The van der Waals surface area contributed by atoms with Crippen molar-refractivity contribution in [2.24, 2.45) is 0 Å². The van der Waals surface area contributed by atoms with Crippen molar-refractivity contribution < 1.29 is 23.4 Å². The average Bonchev–Trinajstić information content (AvgIpc) is 2.37. The molecule has 0 aromatic heterocycles. The van der Waals surface area contributed by atoms with Crippen LogP contribution in [0.25, 0.3) is 0 Å². The van der Waals surface area contributed by atoms with E-state index in [-0.39, 0.29) is 24.8 Å². The second-order valence-corrected chi connectivity index (χ2v) is 3.94. The molecule has 1 amide bonds. The molecule has 1 aromatic rings. The van der Waals surface area contributed by atoms with Crippen molar-refractivity contribution in [3.05, 3.63) is 29.8 Å². The van der Waals surface area contributed by atoms with E-state index in [1.807, 2.05) is 0 Å². The number of unbranched alkanes of at least 4 members (excludes halogenated alkanes) is 1. The third kappa shape index (κ3) is 6.15. The quantitative estimate of drug-likeness (QED) is 0.713. The number of alkyl halides is 2. The topological polar surface area (TPSA) is 58.6 Å². The lowest BCUT2D eigenvalue weighted by Crippen LogP contribution is -2.23. The normalized spacial score (nSPS) is 10.5. The first-order valence-corrected chi connectivity index (χ1v) is 6.03. The molecule has 0 unspecified atom stereocenters. The summed E-state index contributed by atoms with van der Waals surface area (Å²) in [6, 6.07) is 6.32. The van der Waals surface area contributed by atoms with E-state index in [1.165, 1.54) is 6.07 Å². The largest absolute Gasteiger partial charge is 0.434 e. The Labute approximate surface area is 110 Å². The number of aliphatic hydroxyl groups is 1. The summed E-state index contributed by atoms with van der Waals surface area (Å²) in [5.74, 6) is -0.117. The summed E-state index contributed by atoms with van der Waals surface area (Å²) in [4.78, 5) is 11.4. The first-order valence-electron chi connectivity index (χ1n) is 6.03. The zero-order valence-corrected chi connectivity index (χ0v) is 10.4. The molecule has 106 valence electrons. The van der Waals surface area contributed by atoms with Gasteiger partial charge in [-0.05, 0) is 18.9 Å². The van der Waals surface area contributed by atoms with Gasteiger partial charge in [0.25, 0.3) is 0 Å². The molecule has 0 radical (unpaired) electrons. The van der Waals surface area contributed by atoms with Gasteiger partial charge in [-0.15, -0.1) is 0 Å². The Morgan fingerprint density at radius 1 is 1.32 bits per heavy atom. The number of halogens is 2. The van der Waals surface area contributed by atoms with Gasteiger partial charge in [-0.2, -0.15) is 8.78 Å². The predicted molar refractivity (Wildman–Crippen MR) is 65.9 cm³/mol. The molecule has 1 aromatic carbocycles. The van der Waals surface area contributed by atoms with Crippen molar-refractivity contribution in [3.8, 4) is 5.75 Å². The highest BCUT2D eigenvalue weighted by Gasteiger charge is 2.09. The van der Waals surface area contributed by atoms with Gasteiger partial charge >= 0.3 is 6.61 Å². The number of carbonyl (C=O) groups is 1. The summed E-state index contributed by atoms with van der Waals surface area (Å²) in [6.45, 7) is -2.69. The number of para-hydroxylation sites is 1. The Morgan fingerprint density at radius 2 is 2.05 bits per heavy atom. The lowest BCUT2D eigenvalue weighted by molar-refractivity contribution is -0.121. The summed E-state index contributed by atoms with van der Waals surface area (Å²) in [7, 11) is 0. The molecule has 2 N–H and O–H groups in total. The Morgan fingerprint density at radius 3 is 2.74 bits per heavy atom. The third-order valence-electron chi connectivity index (χ3n) is 2.48. The smallest absolute Gasteiger partial charge is 0.387 e. The van der Waals surface area contributed by atoms with Crippen LogP contribution in [0.2, 0.25) is 0 Å². The highest BCUT2D eigenvalue weighted by atomic mass is 19.3. The standard InChI is InChI=1S/C13H17F2NO3/c14-13(15)19-11-6-2-1-5-10(11)9-16-12(18)7-3-4-8-17/h1-2,5-6,13,17H,3-4,7-9H2,(H,16,18). The molecule has 0 spiro atoms. The van der Waals surface area contributed by atoms with Crippen molar-refractivity contribution in [1.29, 1.82) is 0 Å². The van der Waals surface area contributed by atoms with Crippen LogP contribution in [0.15, 0.2) is 24.3 Å². The Kier molecular flexibility index (Phi) is 6.81. The van der Waals surface area contributed by atoms with Crippen LogP contribution in [0.4, 0.5) is 8.78 Å². The second-order valence-electron chi connectivity index (χ2n) is 3.94. The van der Waals surface area contributed by atoms with E-state index in [9.17, 15) is 13.6 Å². The monoisotopic (exact) mass is 273 g/mol. The molecular formula is C13H17F2NO3. The van der Waals surface area contributed by atoms with Crippen LogP contribution in [0.5, 0.6) is 5.75 Å². The number of hydrogen-bond donors (Lipinski definition) is 2. The van der Waals surface area contributed by atoms with Crippen molar-refractivity contribution >= 4 is 5.91 Å². The van der Waals surface area contributed by atoms with Gasteiger partial charge in [0, 0.05) is 25.1 Å². The van der Waals surface area contributed by atoms with E-state index in [0.717, 1.165) is 0 Å². The maximum Gasteiger partial charge on any atom is 0.387 e. The fourth-order valence-corrected chi connectivity index (χ4v) is 1.54. The fourth-order valence-electron chi connectivity index (χ4n) is 1.54. The first kappa shape index (κ1) is 15.4. The molecule has 0 fully saturated rings. The number of amides is 1. The van der Waals surface area contributed by atoms with Gasteiger partial charge in [0.2, 0.25) is 5.91 Å². The molecular weight excluding hydrogens is 256 g/mol. The number of carbonyl (C=O) groups excluding carboxylic acids is 1. The summed E-state index contributed by atoms with van der Waals surface area (Å²) < 4.78 is 28.7. The lowest BCUT2D eigenvalue weighted by atomic mass is 10.2. The minimum atomic E-state index is -2.89. The van der Waals surface area contributed by atoms with E-state index in [4.69, 9.17) is 5.11 Å². The summed E-state index contributed by atoms with van der Waals surface area (Å²) >= 11 is 0. The fraction of sp³-hybridized carbons (Fsp3) is 0.462. The summed E-state index contributed by atoms with van der Waals surface area (Å²) in [5.41, 5.74) is 0.498. The molecule has 0 aliphatic carbocycles. The van der Waals surface area contributed by atoms with Gasteiger partial charge in [-0.25, -0.2) is 0 Å². The molecule has 0 saturated heterocycles. The molecule has 0 heterocycles. The van der Waals surface area contributed by atoms with Crippen LogP contribution in [0.3, 0.4) is 0 Å². The highest BCUT2D eigenvalue weighted by Crippen LogP contribution is 2.19. The van der Waals surface area contributed by atoms with Gasteiger partial charge in [-0.1, -0.05) is 18.2 Å². The number of benzene rings is 1. The van der Waals surface area contributed by atoms with Crippen molar-refractivity contribution in [1.82, 2.24) is 5.32 Å². The van der Waals surface area contributed by atoms with Gasteiger partial charge in [-0.3, -0.25) is 4.79 Å². The van der Waals surface area contributed by atoms with Gasteiger partial charge in [0.1, 0.15) is 5.75 Å². The second kappa shape index (κ2) is 8.42. The van der Waals surface area contributed by atoms with Gasteiger partial charge in [0.15, 0.2) is 0 Å². The van der Waals surface area contributed by atoms with Crippen LogP contribution < -0.4 is 10.1 Å². The maximum atomic E-state index is 12.2. The van der Waals surface area contributed by atoms with Crippen molar-refractivity contribution in [2.45, 2.75) is 32.4 Å².